The van der Waals surface area contributed by atoms with E-state index in [1.54, 1.807) is 0 Å². The maximum Gasteiger partial charge on any atom is 0.315 e. The first-order valence-corrected chi connectivity index (χ1v) is 7.68. The average Bonchev–Trinajstić information content (AvgIpc) is 2.30. The summed E-state index contributed by atoms with van der Waals surface area (Å²) >= 11 is 5.87. The van der Waals surface area contributed by atoms with Gasteiger partial charge >= 0.3 is 5.97 Å². The topological polar surface area (TPSA) is 113 Å². The lowest BCUT2D eigenvalue weighted by molar-refractivity contribution is -0.144. The summed E-state index contributed by atoms with van der Waals surface area (Å²) in [5.41, 5.74) is 0.436. The van der Waals surface area contributed by atoms with Crippen LogP contribution in [0.5, 0.6) is 0 Å². The Morgan fingerprint density at radius 1 is 1.35 bits per heavy atom. The summed E-state index contributed by atoms with van der Waals surface area (Å²) < 4.78 is 24.4. The number of benzene rings is 1. The number of aliphatic carboxylic acids is 1. The highest BCUT2D eigenvalue weighted by Gasteiger charge is 2.20. The van der Waals surface area contributed by atoms with Crippen LogP contribution in [0.2, 0.25) is 5.02 Å². The third-order valence-corrected chi connectivity index (χ3v) is 3.20. The van der Waals surface area contributed by atoms with Crippen LogP contribution in [-0.4, -0.2) is 31.7 Å². The van der Waals surface area contributed by atoms with Gasteiger partial charge in [0.25, 0.3) is 0 Å². The molecule has 0 radical (unpaired) electrons. The summed E-state index contributed by atoms with van der Waals surface area (Å²) in [6, 6.07) is 4.10. The van der Waals surface area contributed by atoms with Crippen molar-refractivity contribution in [3.63, 3.8) is 0 Å². The average molecular weight is 321 g/mol. The highest BCUT2D eigenvalue weighted by Crippen LogP contribution is 2.26. The van der Waals surface area contributed by atoms with E-state index in [1.165, 1.54) is 25.1 Å². The molecule has 1 amide bonds. The van der Waals surface area contributed by atoms with E-state index >= 15 is 0 Å². The van der Waals surface area contributed by atoms with Crippen LogP contribution in [0.25, 0.3) is 0 Å². The van der Waals surface area contributed by atoms with Crippen molar-refractivity contribution in [2.24, 2.45) is 5.92 Å². The molecule has 7 nitrogen and oxygen atoms in total. The molecule has 1 aromatic carbocycles. The third kappa shape index (κ3) is 4.71. The van der Waals surface area contributed by atoms with Crippen LogP contribution in [0.3, 0.4) is 0 Å². The van der Waals surface area contributed by atoms with Gasteiger partial charge < -0.3 is 10.4 Å². The van der Waals surface area contributed by atoms with Crippen molar-refractivity contribution >= 4 is 44.9 Å². The minimum Gasteiger partial charge on any atom is -0.481 e. The van der Waals surface area contributed by atoms with E-state index in [9.17, 15) is 18.0 Å². The van der Waals surface area contributed by atoms with Crippen molar-refractivity contribution in [1.82, 2.24) is 0 Å². The number of anilines is 2. The number of rotatable bonds is 5. The molecule has 0 saturated carbocycles. The quantitative estimate of drug-likeness (QED) is 0.709. The molecule has 1 rings (SSSR count). The van der Waals surface area contributed by atoms with Crippen molar-refractivity contribution in [3.05, 3.63) is 23.2 Å². The number of sulfonamides is 1. The molecule has 0 aliphatic carbocycles. The lowest BCUT2D eigenvalue weighted by atomic mass is 10.1. The molecule has 1 aromatic rings. The number of carboxylic acid groups (broad SMARTS) is 1. The molecule has 0 aliphatic heterocycles. The zero-order valence-corrected chi connectivity index (χ0v) is 12.2. The zero-order chi connectivity index (χ0) is 15.5. The molecule has 110 valence electrons. The van der Waals surface area contributed by atoms with Gasteiger partial charge in [-0.3, -0.25) is 14.3 Å². The number of carbonyl (C=O) groups excluding carboxylic acids is 1. The number of hydrogen-bond donors (Lipinski definition) is 3. The summed E-state index contributed by atoms with van der Waals surface area (Å²) in [6.07, 6.45) is 0.980. The van der Waals surface area contributed by atoms with Crippen LogP contribution >= 0.6 is 11.6 Å². The van der Waals surface area contributed by atoms with Gasteiger partial charge in [-0.05, 0) is 25.1 Å². The van der Waals surface area contributed by atoms with Gasteiger partial charge in [0, 0.05) is 5.69 Å². The summed E-state index contributed by atoms with van der Waals surface area (Å²) in [6.45, 7) is 1.25. The Balaban J connectivity index is 2.88. The van der Waals surface area contributed by atoms with Gasteiger partial charge in [0.1, 0.15) is 5.92 Å². The van der Waals surface area contributed by atoms with E-state index in [4.69, 9.17) is 16.7 Å². The molecule has 0 saturated heterocycles. The zero-order valence-electron chi connectivity index (χ0n) is 10.7. The number of carboxylic acids is 1. The SMILES string of the molecule is CC(C(=O)O)C(=O)Nc1ccc(NS(C)(=O)=O)c(Cl)c1. The van der Waals surface area contributed by atoms with E-state index in [0.29, 0.717) is 0 Å². The van der Waals surface area contributed by atoms with Crippen molar-refractivity contribution in [1.29, 1.82) is 0 Å². The van der Waals surface area contributed by atoms with E-state index in [1.807, 2.05) is 0 Å². The van der Waals surface area contributed by atoms with Crippen LogP contribution in [0.1, 0.15) is 6.92 Å². The lowest BCUT2D eigenvalue weighted by Gasteiger charge is -2.11. The molecule has 9 heteroatoms. The fourth-order valence-corrected chi connectivity index (χ4v) is 2.10. The normalized spacial score (nSPS) is 12.6. The fourth-order valence-electron chi connectivity index (χ4n) is 1.24. The lowest BCUT2D eigenvalue weighted by Crippen LogP contribution is -2.26. The first-order chi connectivity index (χ1) is 9.10. The second-order valence-electron chi connectivity index (χ2n) is 4.12. The molecular weight excluding hydrogens is 308 g/mol. The molecule has 0 aromatic heterocycles. The second-order valence-corrected chi connectivity index (χ2v) is 6.27. The molecule has 1 atom stereocenters. The number of carbonyl (C=O) groups is 2. The van der Waals surface area contributed by atoms with Gasteiger partial charge in [0.15, 0.2) is 0 Å². The highest BCUT2D eigenvalue weighted by atomic mass is 35.5. The smallest absolute Gasteiger partial charge is 0.315 e. The van der Waals surface area contributed by atoms with Crippen molar-refractivity contribution in [3.8, 4) is 0 Å². The summed E-state index contributed by atoms with van der Waals surface area (Å²) in [4.78, 5) is 22.2. The largest absolute Gasteiger partial charge is 0.481 e. The predicted molar refractivity (Wildman–Crippen MR) is 75.3 cm³/mol. The van der Waals surface area contributed by atoms with E-state index in [2.05, 4.69) is 10.0 Å². The van der Waals surface area contributed by atoms with Gasteiger partial charge in [-0.1, -0.05) is 11.6 Å². The molecule has 0 heterocycles. The van der Waals surface area contributed by atoms with Gasteiger partial charge in [-0.15, -0.1) is 0 Å². The monoisotopic (exact) mass is 320 g/mol. The van der Waals surface area contributed by atoms with Crippen molar-refractivity contribution in [2.45, 2.75) is 6.92 Å². The van der Waals surface area contributed by atoms with Crippen LogP contribution in [0, 0.1) is 5.92 Å². The van der Waals surface area contributed by atoms with Crippen LogP contribution < -0.4 is 10.0 Å². The Hall–Kier alpha value is -1.80. The highest BCUT2D eigenvalue weighted by molar-refractivity contribution is 7.92. The van der Waals surface area contributed by atoms with E-state index in [0.717, 1.165) is 6.26 Å². The van der Waals surface area contributed by atoms with Gasteiger partial charge in [0.2, 0.25) is 15.9 Å². The maximum absolute atomic E-state index is 11.5. The first-order valence-electron chi connectivity index (χ1n) is 5.41. The predicted octanol–water partition coefficient (Wildman–Crippen LogP) is 1.37. The number of nitrogens with one attached hydrogen (secondary N) is 2. The van der Waals surface area contributed by atoms with E-state index in [-0.39, 0.29) is 16.4 Å². The Morgan fingerprint density at radius 2 is 1.95 bits per heavy atom. The Bertz CT molecular complexity index is 644. The van der Waals surface area contributed by atoms with Crippen molar-refractivity contribution in [2.75, 3.05) is 16.3 Å². The molecule has 0 fully saturated rings. The van der Waals surface area contributed by atoms with Gasteiger partial charge in [-0.2, -0.15) is 0 Å². The summed E-state index contributed by atoms with van der Waals surface area (Å²) in [5, 5.41) is 11.1. The first kappa shape index (κ1) is 16.3. The third-order valence-electron chi connectivity index (χ3n) is 2.30. The number of amides is 1. The summed E-state index contributed by atoms with van der Waals surface area (Å²) in [5.74, 6) is -3.15. The Morgan fingerprint density at radius 3 is 2.40 bits per heavy atom. The molecule has 0 bridgehead atoms. The Labute approximate surface area is 121 Å². The molecule has 1 unspecified atom stereocenters. The van der Waals surface area contributed by atoms with Crippen LogP contribution in [-0.2, 0) is 19.6 Å². The minimum atomic E-state index is -3.46. The second kappa shape index (κ2) is 6.10. The molecule has 20 heavy (non-hydrogen) atoms. The molecular formula is C11H13ClN2O5S. The Kier molecular flexibility index (Phi) is 4.96. The molecule has 0 spiro atoms. The number of hydrogen-bond acceptors (Lipinski definition) is 4. The van der Waals surface area contributed by atoms with Crippen LogP contribution in [0.15, 0.2) is 18.2 Å². The fraction of sp³-hybridized carbons (Fsp3) is 0.273. The molecule has 0 aliphatic rings. The van der Waals surface area contributed by atoms with E-state index < -0.39 is 27.8 Å². The summed E-state index contributed by atoms with van der Waals surface area (Å²) in [7, 11) is -3.46. The number of halogens is 1. The molecule has 3 N–H and O–H groups in total. The van der Waals surface area contributed by atoms with Crippen LogP contribution in [0.4, 0.5) is 11.4 Å². The van der Waals surface area contributed by atoms with Crippen molar-refractivity contribution < 1.29 is 23.1 Å². The standard InChI is InChI=1S/C11H13ClN2O5S/c1-6(11(16)17)10(15)13-7-3-4-9(8(12)5-7)14-20(2,18)19/h3-6,14H,1-2H3,(H,13,15)(H,16,17). The maximum atomic E-state index is 11.5. The van der Waals surface area contributed by atoms with Gasteiger partial charge in [-0.25, -0.2) is 8.42 Å². The van der Waals surface area contributed by atoms with Gasteiger partial charge in [0.05, 0.1) is 17.0 Å². The minimum absolute atomic E-state index is 0.0798.